The van der Waals surface area contributed by atoms with Crippen molar-refractivity contribution in [1.82, 2.24) is 0 Å². The van der Waals surface area contributed by atoms with Crippen molar-refractivity contribution in [3.05, 3.63) is 20.1 Å². The van der Waals surface area contributed by atoms with Crippen molar-refractivity contribution in [3.8, 4) is 0 Å². The normalized spacial score (nSPS) is 11.4. The quantitative estimate of drug-likeness (QED) is 0.588. The molecule has 0 saturated carbocycles. The summed E-state index contributed by atoms with van der Waals surface area (Å²) in [5.41, 5.74) is 1.08. The van der Waals surface area contributed by atoms with Gasteiger partial charge in [-0.1, -0.05) is 58.0 Å². The molecule has 0 aliphatic carbocycles. The van der Waals surface area contributed by atoms with Crippen LogP contribution >= 0.6 is 58.0 Å². The second-order valence-electron chi connectivity index (χ2n) is 1.03. The zero-order chi connectivity index (χ0) is 7.44. The van der Waals surface area contributed by atoms with Crippen LogP contribution in [0, 0.1) is 0 Å². The first-order valence-electron chi connectivity index (χ1n) is 1.76. The van der Waals surface area contributed by atoms with Gasteiger partial charge in [-0.2, -0.15) is 0 Å². The first-order valence-corrected chi connectivity index (χ1v) is 3.71. The van der Waals surface area contributed by atoms with E-state index in [1.165, 1.54) is 0 Å². The molecule has 0 heterocycles. The Bertz CT molecular complexity index is 152. The second kappa shape index (κ2) is 4.70. The molecular weight excluding hydrogens is 225 g/mol. The number of allylic oxidation sites excluding steroid dienone is 2. The van der Waals surface area contributed by atoms with Crippen LogP contribution in [0.1, 0.15) is 0 Å². The molecule has 0 aromatic rings. The highest BCUT2D eigenvalue weighted by atomic mass is 35.5. The molecule has 0 aromatic carbocycles. The molecule has 5 heteroatoms. The molecule has 0 atom stereocenters. The largest absolute Gasteiger partial charge is 0.126 e. The number of hydrogen-bond donors (Lipinski definition) is 0. The van der Waals surface area contributed by atoms with Crippen LogP contribution in [0.5, 0.6) is 0 Å². The zero-order valence-electron chi connectivity index (χ0n) is 3.97. The topological polar surface area (TPSA) is 0 Å². The maximum Gasteiger partial charge on any atom is 0.126 e. The summed E-state index contributed by atoms with van der Waals surface area (Å²) in [6, 6.07) is 0. The van der Waals surface area contributed by atoms with E-state index in [4.69, 9.17) is 58.0 Å². The smallest absolute Gasteiger partial charge is 0.0913 e. The summed E-state index contributed by atoms with van der Waals surface area (Å²) in [4.78, 5) is 0. The Hall–Kier alpha value is 0.930. The van der Waals surface area contributed by atoms with Crippen molar-refractivity contribution in [2.24, 2.45) is 0 Å². The van der Waals surface area contributed by atoms with Gasteiger partial charge in [0.1, 0.15) is 4.49 Å². The van der Waals surface area contributed by atoms with E-state index in [2.05, 4.69) is 0 Å². The third-order valence-corrected chi connectivity index (χ3v) is 2.16. The van der Waals surface area contributed by atoms with E-state index >= 15 is 0 Å². The molecule has 9 heavy (non-hydrogen) atoms. The van der Waals surface area contributed by atoms with Gasteiger partial charge in [0, 0.05) is 5.54 Å². The Morgan fingerprint density at radius 3 is 1.56 bits per heavy atom. The standard InChI is InChI=1S/C4HCl5/c5-1-2(6)3(7)4(8)9/h1H/b2-1+. The average Bonchev–Trinajstić information content (AvgIpc) is 1.84. The van der Waals surface area contributed by atoms with Gasteiger partial charge in [-0.15, -0.1) is 0 Å². The zero-order valence-corrected chi connectivity index (χ0v) is 7.75. The number of hydrogen-bond acceptors (Lipinski definition) is 0. The molecule has 0 aliphatic rings. The van der Waals surface area contributed by atoms with E-state index < -0.39 is 0 Å². The molecular formula is C4HCl5. The highest BCUT2D eigenvalue weighted by molar-refractivity contribution is 6.61. The van der Waals surface area contributed by atoms with E-state index in [9.17, 15) is 0 Å². The highest BCUT2D eigenvalue weighted by Gasteiger charge is 2.01. The summed E-state index contributed by atoms with van der Waals surface area (Å²) in [6.45, 7) is 0. The molecule has 0 N–H and O–H groups in total. The highest BCUT2D eigenvalue weighted by Crippen LogP contribution is 2.27. The SMILES string of the molecule is Cl/C=C(/Cl)C(Cl)=C(Cl)Cl. The third-order valence-electron chi connectivity index (χ3n) is 0.471. The molecule has 52 valence electrons. The van der Waals surface area contributed by atoms with Crippen LogP contribution in [0.25, 0.3) is 0 Å². The summed E-state index contributed by atoms with van der Waals surface area (Å²) in [5.74, 6) is 0. The van der Waals surface area contributed by atoms with Crippen LogP contribution in [-0.2, 0) is 0 Å². The number of halogens is 5. The van der Waals surface area contributed by atoms with Crippen molar-refractivity contribution >= 4 is 58.0 Å². The van der Waals surface area contributed by atoms with E-state index in [-0.39, 0.29) is 14.6 Å². The van der Waals surface area contributed by atoms with Crippen molar-refractivity contribution in [1.29, 1.82) is 0 Å². The predicted molar refractivity (Wildman–Crippen MR) is 44.4 cm³/mol. The van der Waals surface area contributed by atoms with Crippen molar-refractivity contribution in [3.63, 3.8) is 0 Å². The minimum absolute atomic E-state index is 0.0509. The van der Waals surface area contributed by atoms with Gasteiger partial charge in [0.05, 0.1) is 10.1 Å². The van der Waals surface area contributed by atoms with Gasteiger partial charge < -0.3 is 0 Å². The van der Waals surface area contributed by atoms with Gasteiger partial charge in [0.25, 0.3) is 0 Å². The van der Waals surface area contributed by atoms with Gasteiger partial charge in [-0.25, -0.2) is 0 Å². The Morgan fingerprint density at radius 1 is 1.00 bits per heavy atom. The van der Waals surface area contributed by atoms with Crippen LogP contribution in [0.15, 0.2) is 20.1 Å². The van der Waals surface area contributed by atoms with Crippen LogP contribution < -0.4 is 0 Å². The summed E-state index contributed by atoms with van der Waals surface area (Å²) in [6.07, 6.45) is 0. The summed E-state index contributed by atoms with van der Waals surface area (Å²) in [5, 5.41) is 0.174. The fraction of sp³-hybridized carbons (Fsp3) is 0. The lowest BCUT2D eigenvalue weighted by Gasteiger charge is -1.91. The van der Waals surface area contributed by atoms with Gasteiger partial charge in [-0.05, 0) is 0 Å². The predicted octanol–water partition coefficient (Wildman–Crippen LogP) is 4.19. The van der Waals surface area contributed by atoms with E-state index in [0.717, 1.165) is 5.54 Å². The number of rotatable bonds is 1. The fourth-order valence-electron chi connectivity index (χ4n) is 0.138. The lowest BCUT2D eigenvalue weighted by atomic mass is 10.6. The van der Waals surface area contributed by atoms with Gasteiger partial charge >= 0.3 is 0 Å². The van der Waals surface area contributed by atoms with Crippen molar-refractivity contribution in [2.45, 2.75) is 0 Å². The molecule has 0 unspecified atom stereocenters. The minimum atomic E-state index is -0.0985. The monoisotopic (exact) mass is 224 g/mol. The Labute approximate surface area is 78.0 Å². The van der Waals surface area contributed by atoms with Gasteiger partial charge in [0.15, 0.2) is 0 Å². The molecule has 0 spiro atoms. The lowest BCUT2D eigenvalue weighted by molar-refractivity contribution is 1.87. The molecule has 0 saturated heterocycles. The molecule has 0 amide bonds. The van der Waals surface area contributed by atoms with E-state index in [0.29, 0.717) is 0 Å². The maximum atomic E-state index is 5.40. The van der Waals surface area contributed by atoms with Gasteiger partial charge in [0.2, 0.25) is 0 Å². The maximum absolute atomic E-state index is 5.40. The Morgan fingerprint density at radius 2 is 1.44 bits per heavy atom. The summed E-state index contributed by atoms with van der Waals surface area (Å²) >= 11 is 26.4. The van der Waals surface area contributed by atoms with E-state index in [1.807, 2.05) is 0 Å². The first-order chi connectivity index (χ1) is 4.09. The Kier molecular flexibility index (Phi) is 5.19. The fourth-order valence-corrected chi connectivity index (χ4v) is 0.753. The van der Waals surface area contributed by atoms with Crippen LogP contribution in [0.2, 0.25) is 0 Å². The lowest BCUT2D eigenvalue weighted by Crippen LogP contribution is -1.69. The molecule has 0 rings (SSSR count). The molecule has 0 aliphatic heterocycles. The van der Waals surface area contributed by atoms with Crippen molar-refractivity contribution in [2.75, 3.05) is 0 Å². The Balaban J connectivity index is 4.40. The van der Waals surface area contributed by atoms with Gasteiger partial charge in [-0.3, -0.25) is 0 Å². The van der Waals surface area contributed by atoms with Crippen LogP contribution in [0.4, 0.5) is 0 Å². The average molecular weight is 226 g/mol. The molecule has 0 aromatic heterocycles. The third kappa shape index (κ3) is 3.59. The molecule has 0 fully saturated rings. The minimum Gasteiger partial charge on any atom is -0.0913 e. The molecule has 0 radical (unpaired) electrons. The summed E-state index contributed by atoms with van der Waals surface area (Å²) < 4.78 is -0.0985. The van der Waals surface area contributed by atoms with E-state index in [1.54, 1.807) is 0 Å². The molecule has 0 nitrogen and oxygen atoms in total. The first kappa shape index (κ1) is 9.93. The van der Waals surface area contributed by atoms with Crippen LogP contribution in [-0.4, -0.2) is 0 Å². The second-order valence-corrected chi connectivity index (χ2v) is 2.98. The molecule has 0 bridgehead atoms. The van der Waals surface area contributed by atoms with Crippen molar-refractivity contribution < 1.29 is 0 Å². The van der Waals surface area contributed by atoms with Crippen LogP contribution in [0.3, 0.4) is 0 Å². The summed E-state index contributed by atoms with van der Waals surface area (Å²) in [7, 11) is 0.